The highest BCUT2D eigenvalue weighted by Crippen LogP contribution is 2.38. The summed E-state index contributed by atoms with van der Waals surface area (Å²) in [7, 11) is 0. The molecule has 2 unspecified atom stereocenters. The minimum Gasteiger partial charge on any atom is -0.409 e. The standard InChI is InChI=1S/C13H19N5O/c14-12(17-19)11-13(16-7-6-15-11)18-8-2-4-9-3-1-5-10(9)18/h6-7,9-10,19H,1-5,8H2,(H2,14,17). The number of amidine groups is 1. The molecule has 3 rings (SSSR count). The fourth-order valence-electron chi connectivity index (χ4n) is 3.49. The van der Waals surface area contributed by atoms with Crippen molar-refractivity contribution >= 4 is 11.7 Å². The van der Waals surface area contributed by atoms with Gasteiger partial charge in [0.1, 0.15) is 0 Å². The average molecular weight is 261 g/mol. The van der Waals surface area contributed by atoms with Crippen LogP contribution in [0.2, 0.25) is 0 Å². The second-order valence-electron chi connectivity index (χ2n) is 5.31. The zero-order chi connectivity index (χ0) is 13.2. The number of aromatic nitrogens is 2. The SMILES string of the molecule is NC(=NO)c1nccnc1N1CCCC2CCCC21. The monoisotopic (exact) mass is 261 g/mol. The summed E-state index contributed by atoms with van der Waals surface area (Å²) in [6.07, 6.45) is 9.52. The van der Waals surface area contributed by atoms with Gasteiger partial charge in [0.05, 0.1) is 0 Å². The summed E-state index contributed by atoms with van der Waals surface area (Å²) in [4.78, 5) is 10.9. The largest absolute Gasteiger partial charge is 0.409 e. The molecule has 6 nitrogen and oxygen atoms in total. The van der Waals surface area contributed by atoms with Crippen LogP contribution in [0, 0.1) is 5.92 Å². The fraction of sp³-hybridized carbons (Fsp3) is 0.615. The zero-order valence-electron chi connectivity index (χ0n) is 10.9. The number of oxime groups is 1. The Kier molecular flexibility index (Phi) is 3.23. The van der Waals surface area contributed by atoms with E-state index in [0.717, 1.165) is 18.3 Å². The van der Waals surface area contributed by atoms with Gasteiger partial charge in [0, 0.05) is 25.0 Å². The Morgan fingerprint density at radius 1 is 1.26 bits per heavy atom. The van der Waals surface area contributed by atoms with Crippen LogP contribution >= 0.6 is 0 Å². The Bertz CT molecular complexity index is 490. The number of nitrogens with zero attached hydrogens (tertiary/aromatic N) is 4. The van der Waals surface area contributed by atoms with E-state index in [4.69, 9.17) is 10.9 Å². The summed E-state index contributed by atoms with van der Waals surface area (Å²) in [5.74, 6) is 1.55. The molecule has 1 aliphatic carbocycles. The Balaban J connectivity index is 1.97. The van der Waals surface area contributed by atoms with Crippen molar-refractivity contribution in [3.8, 4) is 0 Å². The molecule has 1 saturated heterocycles. The molecule has 2 aliphatic rings. The van der Waals surface area contributed by atoms with Gasteiger partial charge in [0.25, 0.3) is 0 Å². The number of anilines is 1. The molecular formula is C13H19N5O. The van der Waals surface area contributed by atoms with E-state index in [2.05, 4.69) is 20.0 Å². The third kappa shape index (κ3) is 2.11. The van der Waals surface area contributed by atoms with Gasteiger partial charge in [-0.3, -0.25) is 0 Å². The molecule has 2 fully saturated rings. The maximum Gasteiger partial charge on any atom is 0.192 e. The molecule has 0 spiro atoms. The van der Waals surface area contributed by atoms with Crippen LogP contribution in [-0.2, 0) is 0 Å². The highest BCUT2D eigenvalue weighted by molar-refractivity contribution is 5.99. The minimum atomic E-state index is 0.0308. The second kappa shape index (κ2) is 5.03. The second-order valence-corrected chi connectivity index (χ2v) is 5.31. The summed E-state index contributed by atoms with van der Waals surface area (Å²) in [6.45, 7) is 0.978. The third-order valence-corrected chi connectivity index (χ3v) is 4.29. The predicted octanol–water partition coefficient (Wildman–Crippen LogP) is 1.34. The maximum atomic E-state index is 8.88. The first-order valence-electron chi connectivity index (χ1n) is 6.87. The van der Waals surface area contributed by atoms with Crippen LogP contribution in [0.1, 0.15) is 37.8 Å². The van der Waals surface area contributed by atoms with Crippen LogP contribution in [0.5, 0.6) is 0 Å². The number of hydrogen-bond acceptors (Lipinski definition) is 5. The molecule has 6 heteroatoms. The lowest BCUT2D eigenvalue weighted by Crippen LogP contribution is -2.44. The van der Waals surface area contributed by atoms with Crippen molar-refractivity contribution in [1.29, 1.82) is 0 Å². The number of fused-ring (bicyclic) bond motifs is 1. The average Bonchev–Trinajstić information content (AvgIpc) is 2.94. The molecule has 0 aromatic carbocycles. The van der Waals surface area contributed by atoms with E-state index in [1.165, 1.54) is 32.1 Å². The first kappa shape index (κ1) is 12.2. The summed E-state index contributed by atoms with van der Waals surface area (Å²) < 4.78 is 0. The number of rotatable bonds is 2. The molecule has 2 atom stereocenters. The van der Waals surface area contributed by atoms with Gasteiger partial charge >= 0.3 is 0 Å². The molecule has 0 radical (unpaired) electrons. The molecule has 2 heterocycles. The topological polar surface area (TPSA) is 87.6 Å². The predicted molar refractivity (Wildman–Crippen MR) is 72.3 cm³/mol. The van der Waals surface area contributed by atoms with Crippen LogP contribution in [0.15, 0.2) is 17.5 Å². The molecule has 1 aromatic heterocycles. The van der Waals surface area contributed by atoms with E-state index in [1.54, 1.807) is 12.4 Å². The normalized spacial score (nSPS) is 27.4. The van der Waals surface area contributed by atoms with Gasteiger partial charge in [-0.05, 0) is 31.6 Å². The quantitative estimate of drug-likeness (QED) is 0.363. The van der Waals surface area contributed by atoms with Crippen molar-refractivity contribution in [2.75, 3.05) is 11.4 Å². The molecular weight excluding hydrogens is 242 g/mol. The Hall–Kier alpha value is -1.85. The van der Waals surface area contributed by atoms with Crippen molar-refractivity contribution in [2.24, 2.45) is 16.8 Å². The molecule has 19 heavy (non-hydrogen) atoms. The summed E-state index contributed by atoms with van der Waals surface area (Å²) in [5, 5.41) is 11.9. The lowest BCUT2D eigenvalue weighted by atomic mass is 9.92. The maximum absolute atomic E-state index is 8.88. The Labute approximate surface area is 112 Å². The first-order valence-corrected chi connectivity index (χ1v) is 6.87. The summed E-state index contributed by atoms with van der Waals surface area (Å²) >= 11 is 0. The fourth-order valence-corrected chi connectivity index (χ4v) is 3.49. The van der Waals surface area contributed by atoms with Crippen molar-refractivity contribution in [3.63, 3.8) is 0 Å². The molecule has 3 N–H and O–H groups in total. The van der Waals surface area contributed by atoms with Gasteiger partial charge in [-0.15, -0.1) is 0 Å². The zero-order valence-corrected chi connectivity index (χ0v) is 10.9. The van der Waals surface area contributed by atoms with Gasteiger partial charge in [-0.25, -0.2) is 9.97 Å². The van der Waals surface area contributed by atoms with Crippen LogP contribution < -0.4 is 10.6 Å². The van der Waals surface area contributed by atoms with Gasteiger partial charge in [-0.1, -0.05) is 11.6 Å². The molecule has 1 saturated carbocycles. The lowest BCUT2D eigenvalue weighted by Gasteiger charge is -2.39. The molecule has 0 amide bonds. The lowest BCUT2D eigenvalue weighted by molar-refractivity contribution is 0.318. The highest BCUT2D eigenvalue weighted by atomic mass is 16.4. The van der Waals surface area contributed by atoms with Crippen molar-refractivity contribution < 1.29 is 5.21 Å². The van der Waals surface area contributed by atoms with Crippen molar-refractivity contribution in [1.82, 2.24) is 9.97 Å². The summed E-state index contributed by atoms with van der Waals surface area (Å²) in [6, 6.07) is 0.538. The number of hydrogen-bond donors (Lipinski definition) is 2. The van der Waals surface area contributed by atoms with E-state index in [-0.39, 0.29) is 5.84 Å². The van der Waals surface area contributed by atoms with Gasteiger partial charge in [0.15, 0.2) is 17.3 Å². The highest BCUT2D eigenvalue weighted by Gasteiger charge is 2.36. The van der Waals surface area contributed by atoms with Crippen molar-refractivity contribution in [3.05, 3.63) is 18.1 Å². The van der Waals surface area contributed by atoms with Crippen molar-refractivity contribution in [2.45, 2.75) is 38.1 Å². The molecule has 1 aromatic rings. The van der Waals surface area contributed by atoms with E-state index < -0.39 is 0 Å². The number of piperidine rings is 1. The first-order chi connectivity index (χ1) is 9.31. The smallest absolute Gasteiger partial charge is 0.192 e. The molecule has 102 valence electrons. The number of nitrogens with two attached hydrogens (primary N) is 1. The van der Waals surface area contributed by atoms with Crippen LogP contribution in [-0.4, -0.2) is 33.6 Å². The summed E-state index contributed by atoms with van der Waals surface area (Å²) in [5.41, 5.74) is 6.19. The third-order valence-electron chi connectivity index (χ3n) is 4.29. The van der Waals surface area contributed by atoms with E-state index in [1.807, 2.05) is 0 Å². The Morgan fingerprint density at radius 2 is 2.05 bits per heavy atom. The van der Waals surface area contributed by atoms with Crippen LogP contribution in [0.3, 0.4) is 0 Å². The minimum absolute atomic E-state index is 0.0308. The Morgan fingerprint density at radius 3 is 2.89 bits per heavy atom. The van der Waals surface area contributed by atoms with E-state index >= 15 is 0 Å². The molecule has 0 bridgehead atoms. The van der Waals surface area contributed by atoms with Crippen LogP contribution in [0.4, 0.5) is 5.82 Å². The van der Waals surface area contributed by atoms with Gasteiger partial charge in [-0.2, -0.15) is 0 Å². The van der Waals surface area contributed by atoms with E-state index in [0.29, 0.717) is 11.7 Å². The van der Waals surface area contributed by atoms with Gasteiger partial charge in [0.2, 0.25) is 0 Å². The van der Waals surface area contributed by atoms with Gasteiger partial charge < -0.3 is 15.8 Å². The molecule has 1 aliphatic heterocycles. The van der Waals surface area contributed by atoms with E-state index in [9.17, 15) is 0 Å². The van der Waals surface area contributed by atoms with Crippen LogP contribution in [0.25, 0.3) is 0 Å².